The number of fused-ring (bicyclic) bond motifs is 2. The first-order valence-electron chi connectivity index (χ1n) is 9.29. The summed E-state index contributed by atoms with van der Waals surface area (Å²) >= 11 is 6.18. The van der Waals surface area contributed by atoms with Crippen LogP contribution in [0.5, 0.6) is 5.75 Å². The topological polar surface area (TPSA) is 63.7 Å². The van der Waals surface area contributed by atoms with E-state index in [-0.39, 0.29) is 36.6 Å². The van der Waals surface area contributed by atoms with Gasteiger partial charge in [0.25, 0.3) is 0 Å². The molecule has 1 heterocycles. The number of halogens is 1. The molecule has 2 atom stereocenters. The Kier molecular flexibility index (Phi) is 4.87. The van der Waals surface area contributed by atoms with Gasteiger partial charge in [-0.1, -0.05) is 48.7 Å². The largest absolute Gasteiger partial charge is 0.426 e. The van der Waals surface area contributed by atoms with Gasteiger partial charge < -0.3 is 4.74 Å². The minimum absolute atomic E-state index is 0.0200. The number of nitrogens with zero attached hydrogens (tertiary/aromatic N) is 1. The van der Waals surface area contributed by atoms with Crippen molar-refractivity contribution in [1.29, 1.82) is 0 Å². The van der Waals surface area contributed by atoms with Crippen LogP contribution in [0.25, 0.3) is 10.8 Å². The third-order valence-corrected chi connectivity index (χ3v) is 5.86. The Hall–Kier alpha value is -2.40. The Morgan fingerprint density at radius 3 is 2.30 bits per heavy atom. The molecule has 1 saturated carbocycles. The summed E-state index contributed by atoms with van der Waals surface area (Å²) < 4.78 is 5.48. The van der Waals surface area contributed by atoms with Crippen molar-refractivity contribution in [2.75, 3.05) is 6.54 Å². The Morgan fingerprint density at radius 2 is 1.63 bits per heavy atom. The number of ether oxygens (including phenoxy) is 1. The zero-order valence-corrected chi connectivity index (χ0v) is 15.6. The third-order valence-electron chi connectivity index (χ3n) is 5.53. The van der Waals surface area contributed by atoms with Crippen LogP contribution in [-0.2, 0) is 14.4 Å². The van der Waals surface area contributed by atoms with E-state index in [2.05, 4.69) is 0 Å². The molecule has 2 fully saturated rings. The van der Waals surface area contributed by atoms with Crippen LogP contribution in [0, 0.1) is 11.8 Å². The predicted molar refractivity (Wildman–Crippen MR) is 101 cm³/mol. The standard InChI is InChI=1S/C21H20ClNO4/c22-17-9-10-18(14-6-2-1-5-13(14)17)27-19(24)11-12-23-20(25)15-7-3-4-8-16(15)21(23)26/h1-2,5-6,9-10,15-16H,3-4,7-8,11-12H2/t15-,16+. The molecular formula is C21H20ClNO4. The summed E-state index contributed by atoms with van der Waals surface area (Å²) in [6, 6.07) is 10.7. The molecule has 1 aliphatic heterocycles. The molecule has 0 spiro atoms. The average Bonchev–Trinajstić information content (AvgIpc) is 2.93. The zero-order valence-electron chi connectivity index (χ0n) is 14.8. The molecule has 0 bridgehead atoms. The first-order chi connectivity index (χ1) is 13.1. The van der Waals surface area contributed by atoms with Crippen LogP contribution >= 0.6 is 11.6 Å². The molecule has 0 unspecified atom stereocenters. The van der Waals surface area contributed by atoms with Crippen molar-refractivity contribution in [2.45, 2.75) is 32.1 Å². The molecular weight excluding hydrogens is 366 g/mol. The van der Waals surface area contributed by atoms with E-state index in [9.17, 15) is 14.4 Å². The number of amides is 2. The molecule has 4 rings (SSSR count). The summed E-state index contributed by atoms with van der Waals surface area (Å²) in [4.78, 5) is 38.5. The summed E-state index contributed by atoms with van der Waals surface area (Å²) in [5, 5.41) is 2.14. The zero-order chi connectivity index (χ0) is 19.0. The SMILES string of the molecule is O=C(CCN1C(=O)[C@H]2CCCC[C@H]2C1=O)Oc1ccc(Cl)c2ccccc12. The lowest BCUT2D eigenvalue weighted by Crippen LogP contribution is -2.33. The van der Waals surface area contributed by atoms with Gasteiger partial charge >= 0.3 is 5.97 Å². The predicted octanol–water partition coefficient (Wildman–Crippen LogP) is 3.96. The number of hydrogen-bond acceptors (Lipinski definition) is 4. The first kappa shape index (κ1) is 18.0. The number of hydrogen-bond donors (Lipinski definition) is 0. The minimum Gasteiger partial charge on any atom is -0.426 e. The Morgan fingerprint density at radius 1 is 1.00 bits per heavy atom. The van der Waals surface area contributed by atoms with Crippen molar-refractivity contribution >= 4 is 40.2 Å². The number of imide groups is 1. The van der Waals surface area contributed by atoms with E-state index in [0.717, 1.165) is 36.5 Å². The minimum atomic E-state index is -0.474. The number of benzene rings is 2. The third kappa shape index (κ3) is 3.32. The highest BCUT2D eigenvalue weighted by molar-refractivity contribution is 6.35. The Labute approximate surface area is 162 Å². The summed E-state index contributed by atoms with van der Waals surface area (Å²) in [6.07, 6.45) is 3.49. The molecule has 140 valence electrons. The van der Waals surface area contributed by atoms with Gasteiger partial charge in [0.2, 0.25) is 11.8 Å². The fraction of sp³-hybridized carbons (Fsp3) is 0.381. The molecule has 6 heteroatoms. The highest BCUT2D eigenvalue weighted by Crippen LogP contribution is 2.38. The van der Waals surface area contributed by atoms with Crippen molar-refractivity contribution in [3.05, 3.63) is 41.4 Å². The molecule has 5 nitrogen and oxygen atoms in total. The maximum Gasteiger partial charge on any atom is 0.313 e. The van der Waals surface area contributed by atoms with E-state index < -0.39 is 5.97 Å². The van der Waals surface area contributed by atoms with Crippen LogP contribution < -0.4 is 4.74 Å². The fourth-order valence-corrected chi connectivity index (χ4v) is 4.38. The van der Waals surface area contributed by atoms with Crippen molar-refractivity contribution in [2.24, 2.45) is 11.8 Å². The maximum atomic E-state index is 12.5. The smallest absolute Gasteiger partial charge is 0.313 e. The number of carbonyl (C=O) groups is 3. The van der Waals surface area contributed by atoms with E-state index >= 15 is 0 Å². The molecule has 1 saturated heterocycles. The van der Waals surface area contributed by atoms with Gasteiger partial charge in [0.1, 0.15) is 5.75 Å². The Bertz CT molecular complexity index is 902. The van der Waals surface area contributed by atoms with Crippen molar-refractivity contribution in [3.63, 3.8) is 0 Å². The van der Waals surface area contributed by atoms with Gasteiger partial charge in [-0.25, -0.2) is 0 Å². The second-order valence-electron chi connectivity index (χ2n) is 7.14. The van der Waals surface area contributed by atoms with Gasteiger partial charge in [-0.2, -0.15) is 0 Å². The quantitative estimate of drug-likeness (QED) is 0.454. The van der Waals surface area contributed by atoms with E-state index in [1.165, 1.54) is 4.90 Å². The second-order valence-corrected chi connectivity index (χ2v) is 7.55. The van der Waals surface area contributed by atoms with Crippen LogP contribution in [0.2, 0.25) is 5.02 Å². The summed E-state index contributed by atoms with van der Waals surface area (Å²) in [7, 11) is 0. The highest BCUT2D eigenvalue weighted by atomic mass is 35.5. The lowest BCUT2D eigenvalue weighted by Gasteiger charge is -2.19. The maximum absolute atomic E-state index is 12.5. The van der Waals surface area contributed by atoms with E-state index in [4.69, 9.17) is 16.3 Å². The van der Waals surface area contributed by atoms with Gasteiger partial charge in [-0.15, -0.1) is 0 Å². The summed E-state index contributed by atoms with van der Waals surface area (Å²) in [6.45, 7) is 0.0784. The van der Waals surface area contributed by atoms with E-state index in [1.54, 1.807) is 12.1 Å². The lowest BCUT2D eigenvalue weighted by molar-refractivity contribution is -0.141. The number of esters is 1. The molecule has 0 aromatic heterocycles. The van der Waals surface area contributed by atoms with Crippen LogP contribution in [0.3, 0.4) is 0 Å². The van der Waals surface area contributed by atoms with Crippen molar-refractivity contribution in [1.82, 2.24) is 4.90 Å². The van der Waals surface area contributed by atoms with E-state index in [0.29, 0.717) is 10.8 Å². The molecule has 2 amide bonds. The summed E-state index contributed by atoms with van der Waals surface area (Å²) in [5.41, 5.74) is 0. The van der Waals surface area contributed by atoms with Gasteiger partial charge in [-0.05, 0) is 25.0 Å². The van der Waals surface area contributed by atoms with Crippen LogP contribution in [0.15, 0.2) is 36.4 Å². The normalized spacial score (nSPS) is 22.2. The van der Waals surface area contributed by atoms with Crippen LogP contribution in [-0.4, -0.2) is 29.2 Å². The van der Waals surface area contributed by atoms with Crippen LogP contribution in [0.1, 0.15) is 32.1 Å². The molecule has 2 aliphatic rings. The molecule has 2 aromatic carbocycles. The van der Waals surface area contributed by atoms with Crippen molar-refractivity contribution < 1.29 is 19.1 Å². The molecule has 1 aliphatic carbocycles. The van der Waals surface area contributed by atoms with Gasteiger partial charge in [0, 0.05) is 22.3 Å². The number of rotatable bonds is 4. The number of likely N-dealkylation sites (tertiary alicyclic amines) is 1. The van der Waals surface area contributed by atoms with Gasteiger partial charge in [0.15, 0.2) is 0 Å². The molecule has 0 radical (unpaired) electrons. The average molecular weight is 386 g/mol. The first-order valence-corrected chi connectivity index (χ1v) is 9.67. The lowest BCUT2D eigenvalue weighted by atomic mass is 9.81. The van der Waals surface area contributed by atoms with Crippen LogP contribution in [0.4, 0.5) is 0 Å². The molecule has 0 N–H and O–H groups in total. The monoisotopic (exact) mass is 385 g/mol. The van der Waals surface area contributed by atoms with E-state index in [1.807, 2.05) is 24.3 Å². The summed E-state index contributed by atoms with van der Waals surface area (Å²) in [5.74, 6) is -0.695. The Balaban J connectivity index is 1.43. The fourth-order valence-electron chi connectivity index (χ4n) is 4.15. The molecule has 2 aromatic rings. The van der Waals surface area contributed by atoms with Gasteiger partial charge in [-0.3, -0.25) is 19.3 Å². The van der Waals surface area contributed by atoms with Crippen molar-refractivity contribution in [3.8, 4) is 5.75 Å². The molecule has 27 heavy (non-hydrogen) atoms. The second kappa shape index (κ2) is 7.31. The van der Waals surface area contributed by atoms with Gasteiger partial charge in [0.05, 0.1) is 18.3 Å². The highest BCUT2D eigenvalue weighted by Gasteiger charge is 2.47. The number of carbonyl (C=O) groups excluding carboxylic acids is 3.